The van der Waals surface area contributed by atoms with Crippen molar-refractivity contribution in [1.29, 1.82) is 0 Å². The molecule has 0 bridgehead atoms. The summed E-state index contributed by atoms with van der Waals surface area (Å²) < 4.78 is 5.15. The first-order chi connectivity index (χ1) is 12.6. The van der Waals surface area contributed by atoms with Gasteiger partial charge in [-0.25, -0.2) is 0 Å². The minimum absolute atomic E-state index is 0.0912. The molecule has 1 aromatic rings. The normalized spacial score (nSPS) is 19.5. The Balaban J connectivity index is 1.46. The molecule has 2 aliphatic heterocycles. The Morgan fingerprint density at radius 3 is 2.12 bits per heavy atom. The Bertz CT molecular complexity index is 613. The van der Waals surface area contributed by atoms with E-state index in [1.165, 1.54) is 0 Å². The molecule has 0 unspecified atom stereocenters. The number of carbonyl (C=O) groups excluding carboxylic acids is 2. The molecule has 3 rings (SSSR count). The van der Waals surface area contributed by atoms with Gasteiger partial charge < -0.3 is 14.5 Å². The van der Waals surface area contributed by atoms with E-state index >= 15 is 0 Å². The molecule has 2 amide bonds. The van der Waals surface area contributed by atoms with E-state index in [4.69, 9.17) is 4.74 Å². The summed E-state index contributed by atoms with van der Waals surface area (Å²) >= 11 is 0. The van der Waals surface area contributed by atoms with Gasteiger partial charge in [0.2, 0.25) is 11.8 Å². The number of nitrogens with zero attached hydrogens (tertiary/aromatic N) is 2. The summed E-state index contributed by atoms with van der Waals surface area (Å²) in [5, 5.41) is 0. The molecular formula is C21H30N2O3. The van der Waals surface area contributed by atoms with Crippen LogP contribution in [0, 0.1) is 11.8 Å². The Morgan fingerprint density at radius 2 is 1.54 bits per heavy atom. The van der Waals surface area contributed by atoms with E-state index in [0.29, 0.717) is 25.4 Å². The fourth-order valence-corrected chi connectivity index (χ4v) is 3.89. The molecule has 2 saturated heterocycles. The SMILES string of the molecule is COc1ccc(CC(=O)N2CCC(C(=O)N3CCC(C)CC3)CC2)cc1. The van der Waals surface area contributed by atoms with Gasteiger partial charge in [0.05, 0.1) is 13.5 Å². The number of benzene rings is 1. The summed E-state index contributed by atoms with van der Waals surface area (Å²) in [6, 6.07) is 7.63. The molecule has 0 radical (unpaired) electrons. The second-order valence-electron chi connectivity index (χ2n) is 7.69. The van der Waals surface area contributed by atoms with Crippen LogP contribution in [0.25, 0.3) is 0 Å². The standard InChI is InChI=1S/C21H30N2O3/c1-16-7-11-23(12-8-16)21(25)18-9-13-22(14-10-18)20(24)15-17-3-5-19(26-2)6-4-17/h3-6,16,18H,7-15H2,1-2H3. The average molecular weight is 358 g/mol. The molecule has 5 heteroatoms. The van der Waals surface area contributed by atoms with Crippen LogP contribution in [-0.4, -0.2) is 54.9 Å². The van der Waals surface area contributed by atoms with Crippen molar-refractivity contribution in [2.75, 3.05) is 33.3 Å². The van der Waals surface area contributed by atoms with Crippen LogP contribution in [0.2, 0.25) is 0 Å². The molecule has 0 atom stereocenters. The Kier molecular flexibility index (Phi) is 6.17. The highest BCUT2D eigenvalue weighted by Crippen LogP contribution is 2.24. The van der Waals surface area contributed by atoms with Crippen LogP contribution in [0.3, 0.4) is 0 Å². The van der Waals surface area contributed by atoms with Crippen LogP contribution in [0.1, 0.15) is 38.2 Å². The number of hydrogen-bond donors (Lipinski definition) is 0. The van der Waals surface area contributed by atoms with Crippen molar-refractivity contribution >= 4 is 11.8 Å². The van der Waals surface area contributed by atoms with Gasteiger partial charge in [0.15, 0.2) is 0 Å². The summed E-state index contributed by atoms with van der Waals surface area (Å²) in [6.07, 6.45) is 4.22. The third-order valence-electron chi connectivity index (χ3n) is 5.81. The van der Waals surface area contributed by atoms with E-state index < -0.39 is 0 Å². The van der Waals surface area contributed by atoms with Crippen LogP contribution < -0.4 is 4.74 Å². The second kappa shape index (κ2) is 8.56. The molecule has 2 heterocycles. The maximum Gasteiger partial charge on any atom is 0.226 e. The minimum atomic E-state index is 0.0912. The lowest BCUT2D eigenvalue weighted by molar-refractivity contribution is -0.141. The molecule has 0 aliphatic carbocycles. The largest absolute Gasteiger partial charge is 0.497 e. The third-order valence-corrected chi connectivity index (χ3v) is 5.81. The maximum atomic E-state index is 12.7. The van der Waals surface area contributed by atoms with E-state index in [2.05, 4.69) is 6.92 Å². The van der Waals surface area contributed by atoms with E-state index in [1.54, 1.807) is 7.11 Å². The molecule has 0 aromatic heterocycles. The van der Waals surface area contributed by atoms with E-state index in [-0.39, 0.29) is 11.8 Å². The van der Waals surface area contributed by atoms with E-state index in [9.17, 15) is 9.59 Å². The van der Waals surface area contributed by atoms with Gasteiger partial charge in [0.25, 0.3) is 0 Å². The van der Waals surface area contributed by atoms with Crippen LogP contribution >= 0.6 is 0 Å². The highest BCUT2D eigenvalue weighted by molar-refractivity contribution is 5.81. The second-order valence-corrected chi connectivity index (χ2v) is 7.69. The molecule has 26 heavy (non-hydrogen) atoms. The van der Waals surface area contributed by atoms with Crippen molar-refractivity contribution in [2.24, 2.45) is 11.8 Å². The van der Waals surface area contributed by atoms with Gasteiger partial charge in [0, 0.05) is 32.1 Å². The minimum Gasteiger partial charge on any atom is -0.497 e. The lowest BCUT2D eigenvalue weighted by Gasteiger charge is -2.36. The van der Waals surface area contributed by atoms with Crippen molar-refractivity contribution in [3.63, 3.8) is 0 Å². The average Bonchev–Trinajstić information content (AvgIpc) is 2.69. The van der Waals surface area contributed by atoms with Crippen molar-refractivity contribution in [1.82, 2.24) is 9.80 Å². The fraction of sp³-hybridized carbons (Fsp3) is 0.619. The lowest BCUT2D eigenvalue weighted by atomic mass is 9.92. The maximum absolute atomic E-state index is 12.7. The lowest BCUT2D eigenvalue weighted by Crippen LogP contribution is -2.46. The summed E-state index contributed by atoms with van der Waals surface area (Å²) in [6.45, 7) is 5.44. The highest BCUT2D eigenvalue weighted by Gasteiger charge is 2.31. The van der Waals surface area contributed by atoms with Crippen molar-refractivity contribution in [2.45, 2.75) is 39.0 Å². The zero-order valence-electron chi connectivity index (χ0n) is 15.9. The van der Waals surface area contributed by atoms with E-state index in [0.717, 1.165) is 56.0 Å². The van der Waals surface area contributed by atoms with Gasteiger partial charge in [-0.15, -0.1) is 0 Å². The fourth-order valence-electron chi connectivity index (χ4n) is 3.89. The number of piperidine rings is 2. The van der Waals surface area contributed by atoms with Crippen molar-refractivity contribution in [3.8, 4) is 5.75 Å². The van der Waals surface area contributed by atoms with Gasteiger partial charge >= 0.3 is 0 Å². The van der Waals surface area contributed by atoms with Crippen LogP contribution in [0.5, 0.6) is 5.75 Å². The Hall–Kier alpha value is -2.04. The first-order valence-electron chi connectivity index (χ1n) is 9.76. The summed E-state index contributed by atoms with van der Waals surface area (Å²) in [7, 11) is 1.63. The summed E-state index contributed by atoms with van der Waals surface area (Å²) in [4.78, 5) is 29.2. The molecule has 0 saturated carbocycles. The molecule has 0 spiro atoms. The number of hydrogen-bond acceptors (Lipinski definition) is 3. The first kappa shape index (κ1) is 18.7. The van der Waals surface area contributed by atoms with E-state index in [1.807, 2.05) is 34.1 Å². The van der Waals surface area contributed by atoms with Crippen LogP contribution in [0.4, 0.5) is 0 Å². The zero-order valence-corrected chi connectivity index (χ0v) is 15.9. The number of likely N-dealkylation sites (tertiary alicyclic amines) is 2. The zero-order chi connectivity index (χ0) is 18.5. The molecule has 5 nitrogen and oxygen atoms in total. The molecule has 2 fully saturated rings. The predicted molar refractivity (Wildman–Crippen MR) is 101 cm³/mol. The van der Waals surface area contributed by atoms with Gasteiger partial charge in [-0.3, -0.25) is 9.59 Å². The number of amides is 2. The molecule has 2 aliphatic rings. The number of methoxy groups -OCH3 is 1. The molecule has 0 N–H and O–H groups in total. The summed E-state index contributed by atoms with van der Waals surface area (Å²) in [5.74, 6) is 2.07. The van der Waals surface area contributed by atoms with Gasteiger partial charge in [-0.1, -0.05) is 19.1 Å². The van der Waals surface area contributed by atoms with Gasteiger partial charge in [-0.2, -0.15) is 0 Å². The monoisotopic (exact) mass is 358 g/mol. The van der Waals surface area contributed by atoms with Crippen molar-refractivity contribution < 1.29 is 14.3 Å². The van der Waals surface area contributed by atoms with Gasteiger partial charge in [0.1, 0.15) is 5.75 Å². The topological polar surface area (TPSA) is 49.9 Å². The Labute approximate surface area is 156 Å². The third kappa shape index (κ3) is 4.57. The van der Waals surface area contributed by atoms with Crippen LogP contribution in [-0.2, 0) is 16.0 Å². The predicted octanol–water partition coefficient (Wildman–Crippen LogP) is 2.73. The molecule has 142 valence electrons. The quantitative estimate of drug-likeness (QED) is 0.832. The first-order valence-corrected chi connectivity index (χ1v) is 9.76. The smallest absolute Gasteiger partial charge is 0.226 e. The van der Waals surface area contributed by atoms with Crippen molar-refractivity contribution in [3.05, 3.63) is 29.8 Å². The molecular weight excluding hydrogens is 328 g/mol. The number of carbonyl (C=O) groups is 2. The highest BCUT2D eigenvalue weighted by atomic mass is 16.5. The summed E-state index contributed by atoms with van der Waals surface area (Å²) in [5.41, 5.74) is 0.997. The van der Waals surface area contributed by atoms with Gasteiger partial charge in [-0.05, 0) is 49.3 Å². The molecule has 1 aromatic carbocycles. The van der Waals surface area contributed by atoms with Crippen LogP contribution in [0.15, 0.2) is 24.3 Å². The Morgan fingerprint density at radius 1 is 0.962 bits per heavy atom. The number of ether oxygens (including phenoxy) is 1. The number of rotatable bonds is 4.